The van der Waals surface area contributed by atoms with E-state index in [2.05, 4.69) is 15.9 Å². The highest BCUT2D eigenvalue weighted by Gasteiger charge is 2.40. The molecule has 0 radical (unpaired) electrons. The summed E-state index contributed by atoms with van der Waals surface area (Å²) in [4.78, 5) is 11.4. The van der Waals surface area contributed by atoms with Gasteiger partial charge in [-0.3, -0.25) is 4.79 Å². The number of hydrogen-bond acceptors (Lipinski definition) is 1. The van der Waals surface area contributed by atoms with Crippen LogP contribution in [0.2, 0.25) is 5.02 Å². The summed E-state index contributed by atoms with van der Waals surface area (Å²) in [6.45, 7) is -1.43. The van der Waals surface area contributed by atoms with Crippen LogP contribution in [0.15, 0.2) is 22.7 Å². The lowest BCUT2D eigenvalue weighted by atomic mass is 10.2. The Bertz CT molecular complexity index is 456. The number of hydrogen-bond donors (Lipinski definition) is 1. The molecule has 0 bridgehead atoms. The molecule has 0 aliphatic carbocycles. The fourth-order valence-corrected chi connectivity index (χ4v) is 1.44. The minimum Gasteiger partial charge on any atom is -0.346 e. The van der Waals surface area contributed by atoms with Gasteiger partial charge in [-0.2, -0.15) is 8.78 Å². The molecule has 0 saturated carbocycles. The first kappa shape index (κ1) is 15.2. The minimum absolute atomic E-state index is 0.00765. The summed E-state index contributed by atoms with van der Waals surface area (Å²) >= 11 is 8.79. The van der Waals surface area contributed by atoms with E-state index in [1.807, 2.05) is 0 Å². The van der Waals surface area contributed by atoms with Crippen molar-refractivity contribution < 1.29 is 22.4 Å². The number of carbonyl (C=O) groups is 1. The number of carbonyl (C=O) groups excluding carboxylic acids is 1. The van der Waals surface area contributed by atoms with Crippen molar-refractivity contribution in [1.82, 2.24) is 5.32 Å². The maximum atomic E-state index is 12.6. The molecule has 0 aliphatic rings. The highest BCUT2D eigenvalue weighted by Crippen LogP contribution is 2.24. The van der Waals surface area contributed by atoms with Gasteiger partial charge in [0.15, 0.2) is 0 Å². The molecule has 0 spiro atoms. The third kappa shape index (κ3) is 3.84. The Morgan fingerprint density at radius 2 is 2.06 bits per heavy atom. The zero-order valence-electron chi connectivity index (χ0n) is 8.69. The predicted molar refractivity (Wildman–Crippen MR) is 62.4 cm³/mol. The Labute approximate surface area is 113 Å². The Morgan fingerprint density at radius 1 is 1.44 bits per heavy atom. The van der Waals surface area contributed by atoms with Gasteiger partial charge < -0.3 is 5.32 Å². The summed E-state index contributed by atoms with van der Waals surface area (Å²) in [5, 5.41) is 1.94. The van der Waals surface area contributed by atoms with Gasteiger partial charge >= 0.3 is 12.3 Å². The summed E-state index contributed by atoms with van der Waals surface area (Å²) < 4.78 is 49.4. The predicted octanol–water partition coefficient (Wildman–Crippen LogP) is 3.73. The monoisotopic (exact) mass is 347 g/mol. The van der Waals surface area contributed by atoms with Crippen molar-refractivity contribution in [2.45, 2.75) is 12.3 Å². The molecule has 0 fully saturated rings. The van der Waals surface area contributed by atoms with Gasteiger partial charge in [0.05, 0.1) is 11.6 Å². The number of halogens is 6. The molecule has 2 nitrogen and oxygen atoms in total. The summed E-state index contributed by atoms with van der Waals surface area (Å²) in [5.74, 6) is -5.15. The molecule has 8 heteroatoms. The smallest absolute Gasteiger partial charge is 0.324 e. The highest BCUT2D eigenvalue weighted by atomic mass is 79.9. The van der Waals surface area contributed by atoms with Crippen LogP contribution in [0.4, 0.5) is 17.6 Å². The van der Waals surface area contributed by atoms with Crippen LogP contribution in [-0.2, 0) is 0 Å². The molecule has 1 rings (SSSR count). The molecular formula is C10H7BrClF4NO. The molecule has 1 aromatic carbocycles. The second kappa shape index (κ2) is 5.88. The van der Waals surface area contributed by atoms with Gasteiger partial charge in [-0.15, -0.1) is 0 Å². The van der Waals surface area contributed by atoms with E-state index in [9.17, 15) is 22.4 Å². The lowest BCUT2D eigenvalue weighted by Crippen LogP contribution is -2.41. The highest BCUT2D eigenvalue weighted by molar-refractivity contribution is 9.10. The van der Waals surface area contributed by atoms with E-state index in [0.717, 1.165) is 0 Å². The normalized spacial score (nSPS) is 11.7. The molecule has 100 valence electrons. The first-order valence-electron chi connectivity index (χ1n) is 4.63. The van der Waals surface area contributed by atoms with Crippen molar-refractivity contribution in [2.24, 2.45) is 0 Å². The topological polar surface area (TPSA) is 29.1 Å². The van der Waals surface area contributed by atoms with Gasteiger partial charge in [0, 0.05) is 10.0 Å². The molecule has 1 aromatic rings. The molecule has 0 aliphatic heterocycles. The molecule has 0 saturated heterocycles. The maximum Gasteiger partial charge on any atom is 0.324 e. The van der Waals surface area contributed by atoms with E-state index in [-0.39, 0.29) is 10.6 Å². The number of amides is 1. The van der Waals surface area contributed by atoms with Crippen molar-refractivity contribution in [2.75, 3.05) is 6.54 Å². The fraction of sp³-hybridized carbons (Fsp3) is 0.300. The van der Waals surface area contributed by atoms with Crippen LogP contribution >= 0.6 is 27.5 Å². The number of benzene rings is 1. The van der Waals surface area contributed by atoms with Gasteiger partial charge in [-0.1, -0.05) is 11.6 Å². The van der Waals surface area contributed by atoms with Crippen molar-refractivity contribution in [3.63, 3.8) is 0 Å². The van der Waals surface area contributed by atoms with Crippen LogP contribution < -0.4 is 5.32 Å². The number of rotatable bonds is 4. The van der Waals surface area contributed by atoms with Crippen LogP contribution in [-0.4, -0.2) is 24.8 Å². The van der Waals surface area contributed by atoms with Crippen molar-refractivity contribution in [1.29, 1.82) is 0 Å². The molecule has 1 N–H and O–H groups in total. The molecule has 1 amide bonds. The van der Waals surface area contributed by atoms with Crippen molar-refractivity contribution in [3.05, 3.63) is 33.3 Å². The van der Waals surface area contributed by atoms with Crippen molar-refractivity contribution in [3.8, 4) is 0 Å². The second-order valence-electron chi connectivity index (χ2n) is 3.37. The van der Waals surface area contributed by atoms with Gasteiger partial charge in [-0.25, -0.2) is 8.78 Å². The summed E-state index contributed by atoms with van der Waals surface area (Å²) in [5.41, 5.74) is 0.00765. The molecule has 0 heterocycles. The van der Waals surface area contributed by atoms with Crippen LogP contribution in [0.5, 0.6) is 0 Å². The third-order valence-corrected chi connectivity index (χ3v) is 3.22. The maximum absolute atomic E-state index is 12.6. The number of alkyl halides is 4. The SMILES string of the molecule is O=C(NCC(F)(F)C(F)F)c1ccc(Br)c(Cl)c1. The van der Waals surface area contributed by atoms with Crippen LogP contribution in [0.25, 0.3) is 0 Å². The van der Waals surface area contributed by atoms with E-state index in [0.29, 0.717) is 4.47 Å². The van der Waals surface area contributed by atoms with Gasteiger partial charge in [-0.05, 0) is 34.1 Å². The second-order valence-corrected chi connectivity index (χ2v) is 4.63. The Balaban J connectivity index is 2.69. The molecular weight excluding hydrogens is 341 g/mol. The number of nitrogens with one attached hydrogen (secondary N) is 1. The Hall–Kier alpha value is -0.820. The first-order chi connectivity index (χ1) is 8.24. The average Bonchev–Trinajstić information content (AvgIpc) is 2.29. The van der Waals surface area contributed by atoms with E-state index >= 15 is 0 Å². The quantitative estimate of drug-likeness (QED) is 0.825. The van der Waals surface area contributed by atoms with Crippen LogP contribution in [0, 0.1) is 0 Å². The fourth-order valence-electron chi connectivity index (χ4n) is 1.01. The molecule has 0 aromatic heterocycles. The lowest BCUT2D eigenvalue weighted by Gasteiger charge is -2.15. The van der Waals surface area contributed by atoms with E-state index in [1.54, 1.807) is 5.32 Å². The van der Waals surface area contributed by atoms with E-state index in [1.165, 1.54) is 18.2 Å². The van der Waals surface area contributed by atoms with Crippen LogP contribution in [0.3, 0.4) is 0 Å². The zero-order chi connectivity index (χ0) is 13.9. The van der Waals surface area contributed by atoms with E-state index < -0.39 is 24.8 Å². The van der Waals surface area contributed by atoms with Gasteiger partial charge in [0.25, 0.3) is 5.91 Å². The van der Waals surface area contributed by atoms with Crippen LogP contribution in [0.1, 0.15) is 10.4 Å². The third-order valence-electron chi connectivity index (χ3n) is 1.99. The molecule has 18 heavy (non-hydrogen) atoms. The largest absolute Gasteiger partial charge is 0.346 e. The van der Waals surface area contributed by atoms with E-state index in [4.69, 9.17) is 11.6 Å². The lowest BCUT2D eigenvalue weighted by molar-refractivity contribution is -0.123. The first-order valence-corrected chi connectivity index (χ1v) is 5.80. The standard InChI is InChI=1S/C10H7BrClF4NO/c11-6-2-1-5(3-7(6)12)8(18)17-4-10(15,16)9(13)14/h1-3,9H,4H2,(H,17,18). The Kier molecular flexibility index (Phi) is 4.98. The summed E-state index contributed by atoms with van der Waals surface area (Å²) in [6.07, 6.45) is -3.83. The minimum atomic E-state index is -4.26. The average molecular weight is 349 g/mol. The molecule has 0 atom stereocenters. The van der Waals surface area contributed by atoms with Crippen molar-refractivity contribution >= 4 is 33.4 Å². The summed E-state index contributed by atoms with van der Waals surface area (Å²) in [6, 6.07) is 4.01. The molecule has 0 unspecified atom stereocenters. The Morgan fingerprint density at radius 3 is 2.56 bits per heavy atom. The summed E-state index contributed by atoms with van der Waals surface area (Å²) in [7, 11) is 0. The van der Waals surface area contributed by atoms with Gasteiger partial charge in [0.1, 0.15) is 0 Å². The van der Waals surface area contributed by atoms with Gasteiger partial charge in [0.2, 0.25) is 0 Å². The zero-order valence-corrected chi connectivity index (χ0v) is 11.0.